The van der Waals surface area contributed by atoms with E-state index in [0.29, 0.717) is 0 Å². The number of hydrogen-bond acceptors (Lipinski definition) is 0. The van der Waals surface area contributed by atoms with Gasteiger partial charge in [-0.05, 0) is 141 Å². The number of aromatic nitrogens is 3. The zero-order valence-corrected chi connectivity index (χ0v) is 47.7. The highest BCUT2D eigenvalue weighted by Crippen LogP contribution is 2.60. The van der Waals surface area contributed by atoms with Crippen molar-refractivity contribution in [2.45, 2.75) is 142 Å². The first kappa shape index (κ1) is 46.8. The van der Waals surface area contributed by atoms with E-state index in [1.807, 2.05) is 0 Å². The Balaban J connectivity index is 1.10. The number of fused-ring (bicyclic) bond motifs is 21. The maximum absolute atomic E-state index is 2.94. The molecule has 0 N–H and O–H groups in total. The van der Waals surface area contributed by atoms with Crippen molar-refractivity contribution in [3.05, 3.63) is 180 Å². The lowest BCUT2D eigenvalue weighted by Crippen LogP contribution is -2.59. The van der Waals surface area contributed by atoms with Gasteiger partial charge >= 0.3 is 0 Å². The van der Waals surface area contributed by atoms with Crippen molar-refractivity contribution in [2.75, 3.05) is 0 Å². The third-order valence-electron chi connectivity index (χ3n) is 19.9. The van der Waals surface area contributed by atoms with E-state index in [1.165, 1.54) is 142 Å². The van der Waals surface area contributed by atoms with Gasteiger partial charge in [0.15, 0.2) is 0 Å². The molecule has 0 spiro atoms. The van der Waals surface area contributed by atoms with Gasteiger partial charge in [0.05, 0.1) is 0 Å². The van der Waals surface area contributed by atoms with E-state index in [-0.39, 0.29) is 52.3 Å². The molecule has 0 amide bonds. The van der Waals surface area contributed by atoms with Crippen LogP contribution in [0.25, 0.3) is 109 Å². The fourth-order valence-electron chi connectivity index (χ4n) is 16.1. The van der Waals surface area contributed by atoms with Gasteiger partial charge < -0.3 is 13.7 Å². The average molecular weight is 1010 g/mol. The zero-order chi connectivity index (χ0) is 53.4. The van der Waals surface area contributed by atoms with Gasteiger partial charge in [0, 0.05) is 83.5 Å². The van der Waals surface area contributed by atoms with E-state index in [9.17, 15) is 0 Å². The molecule has 0 radical (unpaired) electrons. The average Bonchev–Trinajstić information content (AvgIpc) is 3.23. The lowest BCUT2D eigenvalue weighted by molar-refractivity contribution is 0.215. The molecule has 1 saturated carbocycles. The lowest BCUT2D eigenvalue weighted by atomic mass is 9.27. The Hall–Kier alpha value is -7.30. The summed E-state index contributed by atoms with van der Waals surface area (Å²) in [6.07, 6.45) is 2.08. The van der Waals surface area contributed by atoms with E-state index < -0.39 is 0 Å². The Kier molecular flexibility index (Phi) is 9.17. The molecule has 3 aromatic heterocycles. The van der Waals surface area contributed by atoms with Gasteiger partial charge in [-0.1, -0.05) is 217 Å². The maximum Gasteiger partial charge on any atom is 0.222 e. The van der Waals surface area contributed by atoms with Crippen LogP contribution in [0.1, 0.15) is 136 Å². The first-order chi connectivity index (χ1) is 37.2. The van der Waals surface area contributed by atoms with Crippen molar-refractivity contribution in [3.63, 3.8) is 0 Å². The molecule has 4 heteroatoms. The van der Waals surface area contributed by atoms with E-state index in [0.717, 1.165) is 12.8 Å². The fourth-order valence-corrected chi connectivity index (χ4v) is 16.1. The smallest absolute Gasteiger partial charge is 0.222 e. The highest BCUT2D eigenvalue weighted by molar-refractivity contribution is 6.91. The largest absolute Gasteiger partial charge is 0.338 e. The summed E-state index contributed by atoms with van der Waals surface area (Å²) in [6, 6.07) is 64.3. The van der Waals surface area contributed by atoms with Crippen LogP contribution in [-0.2, 0) is 21.7 Å². The summed E-state index contributed by atoms with van der Waals surface area (Å²) >= 11 is 0. The third-order valence-corrected chi connectivity index (χ3v) is 19.9. The van der Waals surface area contributed by atoms with Crippen molar-refractivity contribution in [3.8, 4) is 0 Å². The molecule has 384 valence electrons. The molecule has 3 nitrogen and oxygen atoms in total. The second kappa shape index (κ2) is 15.3. The molecule has 3 aliphatic rings. The molecular weight excluding hydrogens is 942 g/mol. The van der Waals surface area contributed by atoms with Crippen molar-refractivity contribution in [1.82, 2.24) is 13.7 Å². The van der Waals surface area contributed by atoms with Crippen LogP contribution >= 0.6 is 0 Å². The Bertz CT molecular complexity index is 4510. The normalized spacial score (nSPS) is 18.9. The van der Waals surface area contributed by atoms with Crippen molar-refractivity contribution in [2.24, 2.45) is 0 Å². The molecule has 5 heterocycles. The SMILES string of the molecule is CC(C)(C)c1ccc2c(ccc3c2c2c4ccc(C(C)(C)C)cc4cc4c2n3C2CC(n3c5ccccc5c5ccccc53)CC3C2B4c2cc4cc(C(C)(C)C)ccc4c4c5c6ccc(C(C)(C)C)cc6ccc5n3c24)c1. The lowest BCUT2D eigenvalue weighted by Gasteiger charge is -2.52. The molecule has 0 saturated heterocycles. The molecule has 13 aromatic rings. The van der Waals surface area contributed by atoms with Gasteiger partial charge in [0.1, 0.15) is 0 Å². The van der Waals surface area contributed by atoms with Crippen LogP contribution in [0.3, 0.4) is 0 Å². The van der Waals surface area contributed by atoms with Crippen LogP contribution in [0, 0.1) is 0 Å². The predicted molar refractivity (Wildman–Crippen MR) is 338 cm³/mol. The molecule has 2 aliphatic heterocycles. The summed E-state index contributed by atoms with van der Waals surface area (Å²) in [4.78, 5) is 0. The summed E-state index contributed by atoms with van der Waals surface area (Å²) in [5, 5.41) is 19.2. The van der Waals surface area contributed by atoms with E-state index in [2.05, 4.69) is 255 Å². The van der Waals surface area contributed by atoms with E-state index >= 15 is 0 Å². The minimum Gasteiger partial charge on any atom is -0.338 e. The second-order valence-electron chi connectivity index (χ2n) is 28.5. The first-order valence-electron chi connectivity index (χ1n) is 29.2. The van der Waals surface area contributed by atoms with Crippen LogP contribution in [0.5, 0.6) is 0 Å². The number of para-hydroxylation sites is 2. The van der Waals surface area contributed by atoms with Crippen molar-refractivity contribution in [1.29, 1.82) is 0 Å². The Morgan fingerprint density at radius 3 is 1.08 bits per heavy atom. The fraction of sp³-hybridized carbons (Fsp3) is 0.297. The Morgan fingerprint density at radius 2 is 0.692 bits per heavy atom. The quantitative estimate of drug-likeness (QED) is 0.146. The van der Waals surface area contributed by atoms with Gasteiger partial charge in [0.2, 0.25) is 6.71 Å². The van der Waals surface area contributed by atoms with Gasteiger partial charge in [-0.15, -0.1) is 0 Å². The number of benzene rings is 10. The summed E-state index contributed by atoms with van der Waals surface area (Å²) < 4.78 is 8.68. The van der Waals surface area contributed by atoms with Crippen molar-refractivity contribution < 1.29 is 0 Å². The highest BCUT2D eigenvalue weighted by atomic mass is 15.1. The molecule has 2 unspecified atom stereocenters. The second-order valence-corrected chi connectivity index (χ2v) is 28.5. The highest BCUT2D eigenvalue weighted by Gasteiger charge is 2.55. The third kappa shape index (κ3) is 6.24. The summed E-state index contributed by atoms with van der Waals surface area (Å²) in [6.45, 7) is 28.5. The van der Waals surface area contributed by atoms with E-state index in [4.69, 9.17) is 0 Å². The molecule has 1 fully saturated rings. The monoisotopic (exact) mass is 1010 g/mol. The van der Waals surface area contributed by atoms with Gasteiger partial charge in [-0.3, -0.25) is 0 Å². The molecule has 10 aromatic carbocycles. The Labute approximate surface area is 458 Å². The summed E-state index contributed by atoms with van der Waals surface area (Å²) in [5.41, 5.74) is 17.0. The van der Waals surface area contributed by atoms with E-state index in [1.54, 1.807) is 0 Å². The first-order valence-corrected chi connectivity index (χ1v) is 29.2. The van der Waals surface area contributed by atoms with Crippen LogP contribution in [-0.4, -0.2) is 20.4 Å². The molecule has 2 atom stereocenters. The van der Waals surface area contributed by atoms with Crippen LogP contribution in [0.15, 0.2) is 158 Å². The number of nitrogens with zero attached hydrogens (tertiary/aromatic N) is 3. The minimum atomic E-state index is 0.00325. The van der Waals surface area contributed by atoms with Crippen LogP contribution < -0.4 is 10.9 Å². The topological polar surface area (TPSA) is 14.8 Å². The molecule has 78 heavy (non-hydrogen) atoms. The van der Waals surface area contributed by atoms with Gasteiger partial charge in [-0.25, -0.2) is 0 Å². The van der Waals surface area contributed by atoms with Crippen LogP contribution in [0.4, 0.5) is 0 Å². The summed E-state index contributed by atoms with van der Waals surface area (Å²) in [7, 11) is 0. The predicted octanol–water partition coefficient (Wildman–Crippen LogP) is 18.9. The number of rotatable bonds is 1. The standard InChI is InChI=1S/C74H70BN3/c1-71(2,3)45-23-27-50-41(33-45)21-31-60-64(50)66-52-29-25-47(73(7,8)9)35-43(52)37-56-69(66)77(60)62-39-49(76-58-19-15-13-17-54(58)55-18-14-16-20-59(55)76)40-63-68(62)75(56)57-38-44-36-48(74(10,11)12)26-30-53(44)67-65-51-28-24-46(72(4,5)6)34-42(51)22-32-61(65)78(63)70(57)67/h13-38,49,62-63,68H,39-40H2,1-12H3. The maximum atomic E-state index is 2.94. The van der Waals surface area contributed by atoms with Crippen LogP contribution in [0.2, 0.25) is 5.82 Å². The molecular formula is C74H70BN3. The number of hydrogen-bond donors (Lipinski definition) is 0. The van der Waals surface area contributed by atoms with Gasteiger partial charge in [-0.2, -0.15) is 0 Å². The summed E-state index contributed by atoms with van der Waals surface area (Å²) in [5.74, 6) is 0.288. The molecule has 0 bridgehead atoms. The van der Waals surface area contributed by atoms with Crippen molar-refractivity contribution >= 4 is 126 Å². The zero-order valence-electron chi connectivity index (χ0n) is 47.7. The van der Waals surface area contributed by atoms with Gasteiger partial charge in [0.25, 0.3) is 0 Å². The Morgan fingerprint density at radius 1 is 0.333 bits per heavy atom. The molecule has 16 rings (SSSR count). The molecule has 1 aliphatic carbocycles. The minimum absolute atomic E-state index is 0.00325.